The lowest BCUT2D eigenvalue weighted by atomic mass is 10.2. The topological polar surface area (TPSA) is 88.5 Å². The summed E-state index contributed by atoms with van der Waals surface area (Å²) in [6.07, 6.45) is 0.967. The molecule has 0 spiro atoms. The van der Waals surface area contributed by atoms with Crippen molar-refractivity contribution in [1.82, 2.24) is 8.87 Å². The Morgan fingerprint density at radius 2 is 1.96 bits per heavy atom. The minimum Gasteiger partial charge on any atom is -0.325 e. The Morgan fingerprint density at radius 3 is 2.64 bits per heavy atom. The zero-order valence-corrected chi connectivity index (χ0v) is 16.8. The van der Waals surface area contributed by atoms with Gasteiger partial charge in [0, 0.05) is 24.8 Å². The van der Waals surface area contributed by atoms with Crippen LogP contribution in [-0.2, 0) is 28.4 Å². The first kappa shape index (κ1) is 20.2. The predicted octanol–water partition coefficient (Wildman–Crippen LogP) is 2.14. The summed E-state index contributed by atoms with van der Waals surface area (Å²) in [5.74, 6) is -1.11. The molecule has 3 rings (SSSR count). The predicted molar refractivity (Wildman–Crippen MR) is 107 cm³/mol. The molecule has 0 saturated heterocycles. The molecule has 0 unspecified atom stereocenters. The van der Waals surface area contributed by atoms with E-state index >= 15 is 0 Å². The second-order valence-corrected chi connectivity index (χ2v) is 9.26. The summed E-state index contributed by atoms with van der Waals surface area (Å²) in [5.41, 5.74) is 1.36. The van der Waals surface area contributed by atoms with E-state index in [1.807, 2.05) is 0 Å². The van der Waals surface area contributed by atoms with Crippen LogP contribution in [0.25, 0.3) is 10.2 Å². The maximum absolute atomic E-state index is 13.9. The number of nitrogens with zero attached hydrogens (tertiary/aromatic N) is 2. The lowest BCUT2D eigenvalue weighted by molar-refractivity contribution is -0.116. The van der Waals surface area contributed by atoms with Gasteiger partial charge in [0.15, 0.2) is 0 Å². The van der Waals surface area contributed by atoms with Gasteiger partial charge in [-0.15, -0.1) is 0 Å². The van der Waals surface area contributed by atoms with Crippen LogP contribution in [0, 0.1) is 5.82 Å². The van der Waals surface area contributed by atoms with Crippen molar-refractivity contribution in [3.63, 3.8) is 0 Å². The maximum atomic E-state index is 13.9. The van der Waals surface area contributed by atoms with E-state index in [-0.39, 0.29) is 17.0 Å². The van der Waals surface area contributed by atoms with E-state index in [1.54, 1.807) is 31.3 Å². The summed E-state index contributed by atoms with van der Waals surface area (Å²) in [4.78, 5) is 24.0. The van der Waals surface area contributed by atoms with Gasteiger partial charge in [-0.2, -0.15) is 4.31 Å². The van der Waals surface area contributed by atoms with Crippen LogP contribution < -0.4 is 10.2 Å². The molecule has 148 valence electrons. The average Bonchev–Trinajstić information content (AvgIpc) is 2.89. The monoisotopic (exact) mass is 423 g/mol. The quantitative estimate of drug-likeness (QED) is 0.658. The second kappa shape index (κ2) is 7.82. The van der Waals surface area contributed by atoms with Crippen molar-refractivity contribution in [2.75, 3.05) is 18.1 Å². The maximum Gasteiger partial charge on any atom is 0.307 e. The van der Waals surface area contributed by atoms with Gasteiger partial charge in [0.2, 0.25) is 15.9 Å². The van der Waals surface area contributed by atoms with Gasteiger partial charge in [-0.25, -0.2) is 12.8 Å². The minimum atomic E-state index is -3.74. The summed E-state index contributed by atoms with van der Waals surface area (Å²) in [5, 5.41) is 2.62. The van der Waals surface area contributed by atoms with Gasteiger partial charge in [0.25, 0.3) is 0 Å². The Bertz CT molecular complexity index is 1200. The van der Waals surface area contributed by atoms with E-state index in [9.17, 15) is 22.4 Å². The van der Waals surface area contributed by atoms with Gasteiger partial charge in [0.1, 0.15) is 5.82 Å². The largest absolute Gasteiger partial charge is 0.325 e. The first-order chi connectivity index (χ1) is 13.1. The Balaban J connectivity index is 1.77. The highest BCUT2D eigenvalue weighted by atomic mass is 32.2. The number of aromatic nitrogens is 1. The Labute approximate surface area is 165 Å². The molecule has 0 aliphatic carbocycles. The number of benzene rings is 2. The number of fused-ring (bicyclic) bond motifs is 1. The van der Waals surface area contributed by atoms with E-state index < -0.39 is 28.3 Å². The van der Waals surface area contributed by atoms with E-state index in [0.29, 0.717) is 10.4 Å². The zero-order valence-electron chi connectivity index (χ0n) is 15.2. The number of hydrogen-bond acceptors (Lipinski definition) is 5. The number of anilines is 1. The minimum absolute atomic E-state index is 0.119. The van der Waals surface area contributed by atoms with Crippen LogP contribution in [0.2, 0.25) is 0 Å². The number of carbonyl (C=O) groups excluding carboxylic acids is 1. The van der Waals surface area contributed by atoms with Crippen LogP contribution in [0.3, 0.4) is 0 Å². The fourth-order valence-electron chi connectivity index (χ4n) is 2.68. The molecule has 28 heavy (non-hydrogen) atoms. The molecule has 0 aliphatic rings. The molecule has 10 heteroatoms. The Kier molecular flexibility index (Phi) is 5.64. The van der Waals surface area contributed by atoms with Crippen LogP contribution in [0.4, 0.5) is 10.1 Å². The number of rotatable bonds is 6. The van der Waals surface area contributed by atoms with Gasteiger partial charge < -0.3 is 9.88 Å². The molecular formula is C18H18FN3O4S2. The Hall–Kier alpha value is -2.56. The molecule has 7 nitrogen and oxygen atoms in total. The standard InChI is InChI=1S/C18H18FN3O4S2/c1-21-15-8-7-13(9-16(15)27-18(21)24)20-17(23)11-22(28(2,25)26)10-12-5-3-4-6-14(12)19/h3-9H,10-11H2,1-2H3,(H,20,23). The molecule has 1 heterocycles. The third-order valence-corrected chi connectivity index (χ3v) is 6.36. The highest BCUT2D eigenvalue weighted by Crippen LogP contribution is 2.21. The summed E-state index contributed by atoms with van der Waals surface area (Å²) < 4.78 is 41.0. The molecule has 0 atom stereocenters. The number of halogens is 1. The molecule has 0 bridgehead atoms. The van der Waals surface area contributed by atoms with Crippen molar-refractivity contribution in [1.29, 1.82) is 0 Å². The highest BCUT2D eigenvalue weighted by molar-refractivity contribution is 7.88. The smallest absolute Gasteiger partial charge is 0.307 e. The van der Waals surface area contributed by atoms with Gasteiger partial charge in [-0.1, -0.05) is 29.5 Å². The first-order valence-electron chi connectivity index (χ1n) is 8.23. The molecule has 2 aromatic carbocycles. The van der Waals surface area contributed by atoms with Gasteiger partial charge >= 0.3 is 4.87 Å². The van der Waals surface area contributed by atoms with E-state index in [1.165, 1.54) is 22.8 Å². The van der Waals surface area contributed by atoms with Crippen molar-refractivity contribution in [3.8, 4) is 0 Å². The number of nitrogens with one attached hydrogen (secondary N) is 1. The molecule has 3 aromatic rings. The summed E-state index contributed by atoms with van der Waals surface area (Å²) >= 11 is 1.05. The highest BCUT2D eigenvalue weighted by Gasteiger charge is 2.22. The van der Waals surface area contributed by atoms with Crippen molar-refractivity contribution >= 4 is 43.2 Å². The Morgan fingerprint density at radius 1 is 1.25 bits per heavy atom. The molecular weight excluding hydrogens is 405 g/mol. The second-order valence-electron chi connectivity index (χ2n) is 6.28. The van der Waals surface area contributed by atoms with Crippen molar-refractivity contribution in [3.05, 3.63) is 63.5 Å². The van der Waals surface area contributed by atoms with Gasteiger partial charge in [-0.05, 0) is 24.3 Å². The molecule has 1 aromatic heterocycles. The van der Waals surface area contributed by atoms with Crippen molar-refractivity contribution in [2.45, 2.75) is 6.54 Å². The molecule has 0 radical (unpaired) electrons. The SMILES string of the molecule is Cn1c(=O)sc2cc(NC(=O)CN(Cc3ccccc3F)S(C)(=O)=O)ccc21. The molecule has 1 N–H and O–H groups in total. The lowest BCUT2D eigenvalue weighted by Crippen LogP contribution is -2.37. The van der Waals surface area contributed by atoms with Crippen LogP contribution in [0.1, 0.15) is 5.56 Å². The number of thiazole rings is 1. The van der Waals surface area contributed by atoms with Gasteiger partial charge in [0.05, 0.1) is 23.0 Å². The van der Waals surface area contributed by atoms with Crippen LogP contribution in [-0.4, -0.2) is 36.0 Å². The number of hydrogen-bond donors (Lipinski definition) is 1. The van der Waals surface area contributed by atoms with Crippen LogP contribution in [0.5, 0.6) is 0 Å². The fraction of sp³-hybridized carbons (Fsp3) is 0.222. The van der Waals surface area contributed by atoms with Crippen molar-refractivity contribution < 1.29 is 17.6 Å². The van der Waals surface area contributed by atoms with E-state index in [4.69, 9.17) is 0 Å². The van der Waals surface area contributed by atoms with Crippen LogP contribution >= 0.6 is 11.3 Å². The molecule has 1 amide bonds. The number of carbonyl (C=O) groups is 1. The van der Waals surface area contributed by atoms with Crippen molar-refractivity contribution in [2.24, 2.45) is 7.05 Å². The lowest BCUT2D eigenvalue weighted by Gasteiger charge is -2.20. The van der Waals surface area contributed by atoms with Gasteiger partial charge in [-0.3, -0.25) is 9.59 Å². The number of amides is 1. The van der Waals surface area contributed by atoms with E-state index in [2.05, 4.69) is 5.32 Å². The molecule has 0 saturated carbocycles. The summed E-state index contributed by atoms with van der Waals surface area (Å²) in [6, 6.07) is 10.8. The number of aryl methyl sites for hydroxylation is 1. The third kappa shape index (κ3) is 4.46. The zero-order chi connectivity index (χ0) is 20.5. The average molecular weight is 423 g/mol. The third-order valence-electron chi connectivity index (χ3n) is 4.17. The normalized spacial score (nSPS) is 11.9. The first-order valence-corrected chi connectivity index (χ1v) is 10.9. The summed E-state index contributed by atoms with van der Waals surface area (Å²) in [7, 11) is -2.08. The number of sulfonamides is 1. The fourth-order valence-corrected chi connectivity index (χ4v) is 4.32. The summed E-state index contributed by atoms with van der Waals surface area (Å²) in [6.45, 7) is -0.714. The van der Waals surface area contributed by atoms with E-state index in [0.717, 1.165) is 27.4 Å². The molecule has 0 fully saturated rings. The molecule has 0 aliphatic heterocycles. The van der Waals surface area contributed by atoms with Crippen LogP contribution in [0.15, 0.2) is 47.3 Å².